The van der Waals surface area contributed by atoms with Gasteiger partial charge in [0.1, 0.15) is 5.54 Å². The zero-order valence-corrected chi connectivity index (χ0v) is 15.0. The Morgan fingerprint density at radius 1 is 1.12 bits per heavy atom. The summed E-state index contributed by atoms with van der Waals surface area (Å²) in [5.74, 6) is 0.508. The Morgan fingerprint density at radius 3 is 2.62 bits per heavy atom. The lowest BCUT2D eigenvalue weighted by Crippen LogP contribution is -2.49. The predicted molar refractivity (Wildman–Crippen MR) is 97.8 cm³/mol. The number of imide groups is 1. The molecule has 1 aromatic heterocycles. The molecule has 2 fully saturated rings. The number of rotatable bonds is 4. The van der Waals surface area contributed by atoms with Crippen LogP contribution in [0.5, 0.6) is 0 Å². The van der Waals surface area contributed by atoms with Crippen LogP contribution in [0.15, 0.2) is 29.1 Å². The lowest BCUT2D eigenvalue weighted by molar-refractivity contribution is -0.132. The van der Waals surface area contributed by atoms with Gasteiger partial charge in [-0.05, 0) is 50.2 Å². The molecule has 1 aromatic carbocycles. The van der Waals surface area contributed by atoms with E-state index in [2.05, 4.69) is 17.2 Å². The van der Waals surface area contributed by atoms with Crippen LogP contribution < -0.4 is 11.0 Å². The minimum absolute atomic E-state index is 0.0966. The second-order valence-electron chi connectivity index (χ2n) is 7.60. The fourth-order valence-electron chi connectivity index (χ4n) is 4.19. The molecule has 0 bridgehead atoms. The summed E-state index contributed by atoms with van der Waals surface area (Å²) in [7, 11) is 0. The molecule has 2 aromatic rings. The van der Waals surface area contributed by atoms with Gasteiger partial charge in [-0.15, -0.1) is 0 Å². The van der Waals surface area contributed by atoms with Gasteiger partial charge in [0.25, 0.3) is 5.91 Å². The molecule has 0 radical (unpaired) electrons. The topological polar surface area (TPSA) is 87.2 Å². The molecule has 0 unspecified atom stereocenters. The Labute approximate surface area is 151 Å². The SMILES string of the molecule is CC1CCC2(CC1)NC(=O)N(CCCn1c(=O)[nH]c3ccccc31)C2=O. The van der Waals surface area contributed by atoms with Crippen molar-refractivity contribution in [1.29, 1.82) is 0 Å². The number of nitrogens with zero attached hydrogens (tertiary/aromatic N) is 2. The van der Waals surface area contributed by atoms with Crippen LogP contribution in [0.25, 0.3) is 11.0 Å². The summed E-state index contributed by atoms with van der Waals surface area (Å²) in [6.45, 7) is 2.97. The molecule has 7 heteroatoms. The van der Waals surface area contributed by atoms with Crippen LogP contribution in [0.3, 0.4) is 0 Å². The van der Waals surface area contributed by atoms with Gasteiger partial charge < -0.3 is 10.3 Å². The maximum atomic E-state index is 12.8. The minimum atomic E-state index is -0.693. The molecule has 1 saturated carbocycles. The summed E-state index contributed by atoms with van der Waals surface area (Å²) in [6.07, 6.45) is 3.91. The van der Waals surface area contributed by atoms with Crippen molar-refractivity contribution in [1.82, 2.24) is 19.8 Å². The summed E-state index contributed by atoms with van der Waals surface area (Å²) in [5.41, 5.74) is 0.776. The molecule has 138 valence electrons. The van der Waals surface area contributed by atoms with E-state index >= 15 is 0 Å². The number of fused-ring (bicyclic) bond motifs is 1. The van der Waals surface area contributed by atoms with Crippen molar-refractivity contribution < 1.29 is 9.59 Å². The van der Waals surface area contributed by atoms with E-state index in [-0.39, 0.29) is 17.6 Å². The number of nitrogens with one attached hydrogen (secondary N) is 2. The fourth-order valence-corrected chi connectivity index (χ4v) is 4.19. The first-order valence-corrected chi connectivity index (χ1v) is 9.32. The Kier molecular flexibility index (Phi) is 4.09. The lowest BCUT2D eigenvalue weighted by atomic mass is 9.77. The van der Waals surface area contributed by atoms with Gasteiger partial charge in [0.15, 0.2) is 0 Å². The molecule has 2 N–H and O–H groups in total. The molecule has 2 aliphatic rings. The maximum absolute atomic E-state index is 12.8. The molecule has 7 nitrogen and oxygen atoms in total. The number of urea groups is 1. The van der Waals surface area contributed by atoms with Gasteiger partial charge >= 0.3 is 11.7 Å². The number of hydrogen-bond donors (Lipinski definition) is 2. The number of imidazole rings is 1. The number of benzene rings is 1. The number of aromatic nitrogens is 2. The smallest absolute Gasteiger partial charge is 0.323 e. The predicted octanol–water partition coefficient (Wildman–Crippen LogP) is 2.22. The quantitative estimate of drug-likeness (QED) is 0.824. The third-order valence-electron chi connectivity index (χ3n) is 5.82. The third-order valence-corrected chi connectivity index (χ3v) is 5.82. The fraction of sp³-hybridized carbons (Fsp3) is 0.526. The zero-order valence-electron chi connectivity index (χ0n) is 15.0. The van der Waals surface area contributed by atoms with E-state index in [4.69, 9.17) is 0 Å². The average molecular weight is 356 g/mol. The maximum Gasteiger partial charge on any atom is 0.326 e. The normalized spacial score (nSPS) is 26.0. The van der Waals surface area contributed by atoms with Crippen LogP contribution in [0.2, 0.25) is 0 Å². The second kappa shape index (κ2) is 6.30. The molecule has 26 heavy (non-hydrogen) atoms. The van der Waals surface area contributed by atoms with Gasteiger partial charge in [0, 0.05) is 13.1 Å². The van der Waals surface area contributed by atoms with Gasteiger partial charge in [-0.25, -0.2) is 9.59 Å². The molecule has 0 atom stereocenters. The number of H-pyrrole nitrogens is 1. The molecule has 1 saturated heterocycles. The molecule has 4 rings (SSSR count). The summed E-state index contributed by atoms with van der Waals surface area (Å²) in [5, 5.41) is 2.94. The Hall–Kier alpha value is -2.57. The summed E-state index contributed by atoms with van der Waals surface area (Å²) < 4.78 is 1.66. The van der Waals surface area contributed by atoms with Crippen molar-refractivity contribution in [3.63, 3.8) is 0 Å². The van der Waals surface area contributed by atoms with Crippen molar-refractivity contribution in [3.8, 4) is 0 Å². The molecule has 1 aliphatic heterocycles. The van der Waals surface area contributed by atoms with Gasteiger partial charge in [-0.1, -0.05) is 19.1 Å². The Bertz CT molecular complexity index is 905. The monoisotopic (exact) mass is 356 g/mol. The Balaban J connectivity index is 1.43. The highest BCUT2D eigenvalue weighted by Crippen LogP contribution is 2.36. The highest BCUT2D eigenvalue weighted by atomic mass is 16.2. The molecular weight excluding hydrogens is 332 g/mol. The first kappa shape index (κ1) is 16.9. The third kappa shape index (κ3) is 2.71. The van der Waals surface area contributed by atoms with Crippen molar-refractivity contribution in [3.05, 3.63) is 34.7 Å². The van der Waals surface area contributed by atoms with Crippen LogP contribution >= 0.6 is 0 Å². The summed E-state index contributed by atoms with van der Waals surface area (Å²) in [6, 6.07) is 7.21. The lowest BCUT2D eigenvalue weighted by Gasteiger charge is -2.33. The zero-order chi connectivity index (χ0) is 18.3. The molecule has 1 spiro atoms. The van der Waals surface area contributed by atoms with Crippen LogP contribution in [0.1, 0.15) is 39.0 Å². The van der Waals surface area contributed by atoms with Crippen molar-refractivity contribution in [2.24, 2.45) is 5.92 Å². The molecular formula is C19H24N4O3. The highest BCUT2D eigenvalue weighted by molar-refractivity contribution is 6.07. The molecule has 2 heterocycles. The van der Waals surface area contributed by atoms with Crippen LogP contribution in [-0.2, 0) is 11.3 Å². The van der Waals surface area contributed by atoms with Crippen LogP contribution in [-0.4, -0.2) is 38.5 Å². The standard InChI is InChI=1S/C19H24N4O3/c1-13-7-9-19(10-8-13)16(24)23(18(26)21-19)12-4-11-22-15-6-3-2-5-14(15)20-17(22)25/h2-3,5-6,13H,4,7-12H2,1H3,(H,20,25)(H,21,26). The molecule has 3 amide bonds. The van der Waals surface area contributed by atoms with Crippen molar-refractivity contribution in [2.75, 3.05) is 6.54 Å². The number of amides is 3. The van der Waals surface area contributed by atoms with E-state index in [1.807, 2.05) is 24.3 Å². The minimum Gasteiger partial charge on any atom is -0.323 e. The number of para-hydroxylation sites is 2. The largest absolute Gasteiger partial charge is 0.326 e. The number of aromatic amines is 1. The van der Waals surface area contributed by atoms with Crippen molar-refractivity contribution >= 4 is 23.0 Å². The van der Waals surface area contributed by atoms with E-state index < -0.39 is 5.54 Å². The van der Waals surface area contributed by atoms with Gasteiger partial charge in [0.05, 0.1) is 11.0 Å². The first-order chi connectivity index (χ1) is 12.5. The van der Waals surface area contributed by atoms with Crippen molar-refractivity contribution in [2.45, 2.75) is 51.1 Å². The summed E-state index contributed by atoms with van der Waals surface area (Å²) in [4.78, 5) is 41.4. The number of carbonyl (C=O) groups excluding carboxylic acids is 2. The van der Waals surface area contributed by atoms with Gasteiger partial charge in [-0.3, -0.25) is 14.3 Å². The first-order valence-electron chi connectivity index (χ1n) is 9.32. The van der Waals surface area contributed by atoms with Crippen LogP contribution in [0.4, 0.5) is 4.79 Å². The summed E-state index contributed by atoms with van der Waals surface area (Å²) >= 11 is 0. The van der Waals surface area contributed by atoms with Gasteiger partial charge in [0.2, 0.25) is 0 Å². The number of aryl methyl sites for hydroxylation is 1. The van der Waals surface area contributed by atoms with E-state index in [9.17, 15) is 14.4 Å². The highest BCUT2D eigenvalue weighted by Gasteiger charge is 2.51. The van der Waals surface area contributed by atoms with Gasteiger partial charge in [-0.2, -0.15) is 0 Å². The number of hydrogen-bond acceptors (Lipinski definition) is 3. The number of carbonyl (C=O) groups is 2. The Morgan fingerprint density at radius 2 is 1.85 bits per heavy atom. The molecule has 1 aliphatic carbocycles. The second-order valence-corrected chi connectivity index (χ2v) is 7.60. The van der Waals surface area contributed by atoms with E-state index in [1.54, 1.807) is 4.57 Å². The van der Waals surface area contributed by atoms with E-state index in [0.29, 0.717) is 25.4 Å². The van der Waals surface area contributed by atoms with E-state index in [1.165, 1.54) is 4.90 Å². The van der Waals surface area contributed by atoms with E-state index in [0.717, 1.165) is 36.7 Å². The van der Waals surface area contributed by atoms with Crippen LogP contribution in [0, 0.1) is 5.92 Å². The average Bonchev–Trinajstić information content (AvgIpc) is 3.06.